The highest BCUT2D eigenvalue weighted by Gasteiger charge is 2.56. The Morgan fingerprint density at radius 1 is 1.09 bits per heavy atom. The van der Waals surface area contributed by atoms with E-state index >= 15 is 0 Å². The third-order valence-electron chi connectivity index (χ3n) is 4.26. The Morgan fingerprint density at radius 3 is 1.83 bits per heavy atom. The van der Waals surface area contributed by atoms with Crippen molar-refractivity contribution in [2.45, 2.75) is 63.6 Å². The Labute approximate surface area is 134 Å². The number of aliphatic hydroxyl groups is 1. The molecule has 1 fully saturated rings. The average Bonchev–Trinajstić information content (AvgIpc) is 2.21. The van der Waals surface area contributed by atoms with Crippen LogP contribution >= 0.6 is 0 Å². The van der Waals surface area contributed by atoms with Gasteiger partial charge in [-0.3, -0.25) is 9.59 Å². The quantitative estimate of drug-likeness (QED) is 0.474. The van der Waals surface area contributed by atoms with Gasteiger partial charge in [0.1, 0.15) is 0 Å². The maximum absolute atomic E-state index is 11.7. The smallest absolute Gasteiger partial charge is 0.337 e. The fourth-order valence-corrected chi connectivity index (χ4v) is 3.98. The van der Waals surface area contributed by atoms with Crippen LogP contribution in [0.15, 0.2) is 0 Å². The molecule has 0 saturated carbocycles. The van der Waals surface area contributed by atoms with Gasteiger partial charge >= 0.3 is 17.9 Å². The molecule has 1 rings (SSSR count). The average molecular weight is 331 g/mol. The van der Waals surface area contributed by atoms with E-state index in [9.17, 15) is 29.7 Å². The molecule has 0 aromatic heterocycles. The Bertz CT molecular complexity index is 498. The van der Waals surface area contributed by atoms with Crippen LogP contribution in [-0.2, 0) is 14.4 Å². The zero-order valence-corrected chi connectivity index (χ0v) is 13.8. The standard InChI is InChI=1S/C15H25NO7/c1-13(2)5-8(6-14(3,4)16-13)10(11(19)20)15(23,12(21)22)7-9(17)18/h8,10,16,23H,5-7H2,1-4H3,(H,17,18)(H,19,20)(H,21,22). The number of carboxylic acid groups (broad SMARTS) is 3. The Hall–Kier alpha value is -1.67. The second kappa shape index (κ2) is 6.09. The number of aliphatic carboxylic acids is 3. The molecule has 0 aromatic rings. The first-order valence-corrected chi connectivity index (χ1v) is 7.40. The van der Waals surface area contributed by atoms with Gasteiger partial charge in [0.2, 0.25) is 0 Å². The summed E-state index contributed by atoms with van der Waals surface area (Å²) >= 11 is 0. The summed E-state index contributed by atoms with van der Waals surface area (Å²) in [6.07, 6.45) is -0.546. The Morgan fingerprint density at radius 2 is 1.52 bits per heavy atom. The summed E-state index contributed by atoms with van der Waals surface area (Å²) in [5.41, 5.74) is -3.79. The van der Waals surface area contributed by atoms with E-state index < -0.39 is 52.8 Å². The second-order valence-corrected chi connectivity index (χ2v) is 7.68. The van der Waals surface area contributed by atoms with Crippen molar-refractivity contribution in [3.05, 3.63) is 0 Å². The number of nitrogens with one attached hydrogen (secondary N) is 1. The summed E-state index contributed by atoms with van der Waals surface area (Å²) in [4.78, 5) is 34.1. The van der Waals surface area contributed by atoms with Crippen molar-refractivity contribution in [1.29, 1.82) is 0 Å². The number of carbonyl (C=O) groups is 3. The molecule has 1 saturated heterocycles. The van der Waals surface area contributed by atoms with Crippen LogP contribution in [0.2, 0.25) is 0 Å². The van der Waals surface area contributed by atoms with Gasteiger partial charge in [-0.25, -0.2) is 4.79 Å². The normalized spacial score (nSPS) is 24.4. The van der Waals surface area contributed by atoms with Gasteiger partial charge in [-0.15, -0.1) is 0 Å². The molecule has 1 heterocycles. The largest absolute Gasteiger partial charge is 0.481 e. The lowest BCUT2D eigenvalue weighted by molar-refractivity contribution is -0.185. The molecule has 132 valence electrons. The summed E-state index contributed by atoms with van der Waals surface area (Å²) in [5.74, 6) is -7.29. The minimum absolute atomic E-state index is 0.308. The molecular formula is C15H25NO7. The minimum atomic E-state index is -2.86. The second-order valence-electron chi connectivity index (χ2n) is 7.68. The maximum atomic E-state index is 11.7. The van der Waals surface area contributed by atoms with E-state index in [0.29, 0.717) is 12.8 Å². The van der Waals surface area contributed by atoms with Crippen LogP contribution < -0.4 is 5.32 Å². The number of hydrogen-bond acceptors (Lipinski definition) is 5. The highest BCUT2D eigenvalue weighted by atomic mass is 16.4. The SMILES string of the molecule is CC1(C)CC(C(C(=O)O)C(O)(CC(=O)O)C(=O)O)CC(C)(C)N1. The molecular weight excluding hydrogens is 306 g/mol. The van der Waals surface area contributed by atoms with Crippen LogP contribution in [0, 0.1) is 11.8 Å². The van der Waals surface area contributed by atoms with E-state index in [1.807, 2.05) is 27.7 Å². The molecule has 0 spiro atoms. The zero-order valence-electron chi connectivity index (χ0n) is 13.8. The van der Waals surface area contributed by atoms with Gasteiger partial charge in [0.25, 0.3) is 0 Å². The molecule has 23 heavy (non-hydrogen) atoms. The maximum Gasteiger partial charge on any atom is 0.337 e. The highest BCUT2D eigenvalue weighted by Crippen LogP contribution is 2.42. The van der Waals surface area contributed by atoms with Gasteiger partial charge in [0.05, 0.1) is 12.3 Å². The lowest BCUT2D eigenvalue weighted by Gasteiger charge is -2.49. The third-order valence-corrected chi connectivity index (χ3v) is 4.26. The van der Waals surface area contributed by atoms with Crippen LogP contribution in [0.1, 0.15) is 47.0 Å². The molecule has 5 N–H and O–H groups in total. The molecule has 0 aromatic carbocycles. The van der Waals surface area contributed by atoms with Crippen molar-refractivity contribution in [1.82, 2.24) is 5.32 Å². The summed E-state index contributed by atoms with van der Waals surface area (Å²) in [7, 11) is 0. The molecule has 0 radical (unpaired) electrons. The first-order chi connectivity index (χ1) is 10.2. The van der Waals surface area contributed by atoms with Crippen molar-refractivity contribution in [3.63, 3.8) is 0 Å². The van der Waals surface area contributed by atoms with Crippen molar-refractivity contribution < 1.29 is 34.8 Å². The summed E-state index contributed by atoms with van der Waals surface area (Å²) in [6, 6.07) is 0. The zero-order chi connectivity index (χ0) is 18.2. The van der Waals surface area contributed by atoms with Gasteiger partial charge in [0.15, 0.2) is 5.60 Å². The lowest BCUT2D eigenvalue weighted by atomic mass is 9.65. The van der Waals surface area contributed by atoms with E-state index in [0.717, 1.165) is 0 Å². The van der Waals surface area contributed by atoms with Crippen molar-refractivity contribution in [3.8, 4) is 0 Å². The van der Waals surface area contributed by atoms with Gasteiger partial charge < -0.3 is 25.7 Å². The first-order valence-electron chi connectivity index (χ1n) is 7.40. The predicted octanol–water partition coefficient (Wildman–Crippen LogP) is 0.534. The summed E-state index contributed by atoms with van der Waals surface area (Å²) in [5, 5.41) is 41.5. The summed E-state index contributed by atoms with van der Waals surface area (Å²) in [6.45, 7) is 7.43. The number of hydrogen-bond donors (Lipinski definition) is 5. The lowest BCUT2D eigenvalue weighted by Crippen LogP contribution is -2.62. The van der Waals surface area contributed by atoms with E-state index in [4.69, 9.17) is 5.11 Å². The fraction of sp³-hybridized carbons (Fsp3) is 0.800. The molecule has 0 bridgehead atoms. The van der Waals surface area contributed by atoms with E-state index in [2.05, 4.69) is 5.32 Å². The fourth-order valence-electron chi connectivity index (χ4n) is 3.98. The Balaban J connectivity index is 3.31. The number of piperidine rings is 1. The van der Waals surface area contributed by atoms with Gasteiger partial charge in [-0.2, -0.15) is 0 Å². The van der Waals surface area contributed by atoms with Crippen molar-refractivity contribution in [2.75, 3.05) is 0 Å². The predicted molar refractivity (Wildman–Crippen MR) is 80.0 cm³/mol. The van der Waals surface area contributed by atoms with Crippen LogP contribution in [0.4, 0.5) is 0 Å². The van der Waals surface area contributed by atoms with E-state index in [1.165, 1.54) is 0 Å². The monoisotopic (exact) mass is 331 g/mol. The van der Waals surface area contributed by atoms with Gasteiger partial charge in [-0.1, -0.05) is 0 Å². The van der Waals surface area contributed by atoms with Crippen LogP contribution in [0.3, 0.4) is 0 Å². The first kappa shape index (κ1) is 19.4. The number of rotatable bonds is 6. The highest BCUT2D eigenvalue weighted by molar-refractivity contribution is 5.89. The molecule has 8 nitrogen and oxygen atoms in total. The van der Waals surface area contributed by atoms with Crippen LogP contribution in [0.5, 0.6) is 0 Å². The summed E-state index contributed by atoms with van der Waals surface area (Å²) < 4.78 is 0. The van der Waals surface area contributed by atoms with Crippen molar-refractivity contribution in [2.24, 2.45) is 11.8 Å². The van der Waals surface area contributed by atoms with E-state index in [-0.39, 0.29) is 0 Å². The molecule has 2 atom stereocenters. The van der Waals surface area contributed by atoms with Gasteiger partial charge in [0, 0.05) is 11.1 Å². The Kier molecular flexibility index (Phi) is 5.13. The molecule has 0 amide bonds. The van der Waals surface area contributed by atoms with E-state index in [1.54, 1.807) is 0 Å². The minimum Gasteiger partial charge on any atom is -0.481 e. The molecule has 2 unspecified atom stereocenters. The topological polar surface area (TPSA) is 144 Å². The molecule has 8 heteroatoms. The van der Waals surface area contributed by atoms with Gasteiger partial charge in [-0.05, 0) is 46.5 Å². The van der Waals surface area contributed by atoms with Crippen LogP contribution in [-0.4, -0.2) is 55.0 Å². The third kappa shape index (κ3) is 4.42. The molecule has 1 aliphatic heterocycles. The van der Waals surface area contributed by atoms with Crippen LogP contribution in [0.25, 0.3) is 0 Å². The number of carboxylic acids is 3. The molecule has 0 aliphatic carbocycles. The molecule has 1 aliphatic rings. The van der Waals surface area contributed by atoms with Crippen molar-refractivity contribution >= 4 is 17.9 Å².